The molecule has 0 spiro atoms. The second-order valence-electron chi connectivity index (χ2n) is 7.38. The van der Waals surface area contributed by atoms with Gasteiger partial charge in [-0.05, 0) is 61.2 Å². The fourth-order valence-corrected chi connectivity index (χ4v) is 2.90. The first kappa shape index (κ1) is 23.9. The van der Waals surface area contributed by atoms with Crippen molar-refractivity contribution in [3.8, 4) is 5.75 Å². The first-order chi connectivity index (χ1) is 13.7. The lowest BCUT2D eigenvalue weighted by Gasteiger charge is -2.05. The third kappa shape index (κ3) is 12.3. The van der Waals surface area contributed by atoms with E-state index in [-0.39, 0.29) is 0 Å². The maximum atomic E-state index is 5.64. The third-order valence-electron chi connectivity index (χ3n) is 4.70. The predicted octanol–water partition coefficient (Wildman–Crippen LogP) is 7.01. The van der Waals surface area contributed by atoms with E-state index in [0.29, 0.717) is 0 Å². The number of unbranched alkanes of at least 4 members (excludes halogenated alkanes) is 7. The van der Waals surface area contributed by atoms with Crippen molar-refractivity contribution in [2.45, 2.75) is 78.1 Å². The highest BCUT2D eigenvalue weighted by Gasteiger charge is 1.94. The number of aryl methyl sites for hydroxylation is 1. The third-order valence-corrected chi connectivity index (χ3v) is 4.70. The van der Waals surface area contributed by atoms with Crippen molar-refractivity contribution in [2.75, 3.05) is 18.1 Å². The predicted molar refractivity (Wildman–Crippen MR) is 124 cm³/mol. The van der Waals surface area contributed by atoms with E-state index < -0.39 is 0 Å². The zero-order valence-electron chi connectivity index (χ0n) is 18.0. The van der Waals surface area contributed by atoms with Gasteiger partial charge in [0, 0.05) is 11.4 Å². The molecule has 0 bridgehead atoms. The van der Waals surface area contributed by atoms with Crippen LogP contribution < -0.4 is 16.2 Å². The number of ether oxygens (including phenoxy) is 1. The van der Waals surface area contributed by atoms with Crippen LogP contribution in [-0.2, 0) is 6.42 Å². The molecule has 0 amide bonds. The smallest absolute Gasteiger partial charge is 0.119 e. The average Bonchev–Trinajstić information content (AvgIpc) is 2.71. The van der Waals surface area contributed by atoms with Crippen molar-refractivity contribution in [2.24, 2.45) is 0 Å². The number of benzene rings is 2. The normalized spacial score (nSPS) is 10.2. The van der Waals surface area contributed by atoms with Gasteiger partial charge in [-0.25, -0.2) is 0 Å². The SMILES string of the molecule is CCCCCCCCc1ccc(N)cc1.CCCCCOc1ccc(N)cc1. The van der Waals surface area contributed by atoms with Crippen molar-refractivity contribution in [1.82, 2.24) is 0 Å². The van der Waals surface area contributed by atoms with Crippen molar-refractivity contribution in [3.05, 3.63) is 54.1 Å². The summed E-state index contributed by atoms with van der Waals surface area (Å²) in [5, 5.41) is 0. The van der Waals surface area contributed by atoms with Gasteiger partial charge in [-0.3, -0.25) is 0 Å². The maximum absolute atomic E-state index is 5.64. The minimum Gasteiger partial charge on any atom is -0.494 e. The number of anilines is 2. The van der Waals surface area contributed by atoms with Crippen LogP contribution in [0.3, 0.4) is 0 Å². The minimum atomic E-state index is 0.779. The Bertz CT molecular complexity index is 593. The van der Waals surface area contributed by atoms with E-state index in [1.807, 2.05) is 36.4 Å². The van der Waals surface area contributed by atoms with E-state index in [1.54, 1.807) is 0 Å². The summed E-state index contributed by atoms with van der Waals surface area (Å²) in [6.45, 7) is 5.25. The standard InChI is InChI=1S/C14H23N.C11H17NO/c1-2-3-4-5-6-7-8-13-9-11-14(15)12-10-13;1-2-3-4-9-13-11-7-5-10(12)6-8-11/h9-12H,2-8,15H2,1H3;5-8H,2-4,9,12H2,1H3. The van der Waals surface area contributed by atoms with E-state index in [1.165, 1.54) is 63.4 Å². The molecule has 0 radical (unpaired) electrons. The molecule has 0 atom stereocenters. The van der Waals surface area contributed by atoms with Crippen LogP contribution in [0.1, 0.15) is 77.2 Å². The average molecular weight is 385 g/mol. The van der Waals surface area contributed by atoms with Gasteiger partial charge >= 0.3 is 0 Å². The van der Waals surface area contributed by atoms with Crippen molar-refractivity contribution < 1.29 is 4.74 Å². The van der Waals surface area contributed by atoms with E-state index >= 15 is 0 Å². The lowest BCUT2D eigenvalue weighted by molar-refractivity contribution is 0.306. The van der Waals surface area contributed by atoms with E-state index in [4.69, 9.17) is 16.2 Å². The van der Waals surface area contributed by atoms with Crippen LogP contribution in [-0.4, -0.2) is 6.61 Å². The Morgan fingerprint density at radius 1 is 0.607 bits per heavy atom. The highest BCUT2D eigenvalue weighted by Crippen LogP contribution is 2.13. The van der Waals surface area contributed by atoms with Crippen LogP contribution >= 0.6 is 0 Å². The lowest BCUT2D eigenvalue weighted by Crippen LogP contribution is -1.96. The van der Waals surface area contributed by atoms with Crippen LogP contribution in [0.5, 0.6) is 5.75 Å². The van der Waals surface area contributed by atoms with Crippen LogP contribution in [0.2, 0.25) is 0 Å². The van der Waals surface area contributed by atoms with Gasteiger partial charge in [0.2, 0.25) is 0 Å². The van der Waals surface area contributed by atoms with Gasteiger partial charge in [-0.2, -0.15) is 0 Å². The molecular formula is C25H40N2O. The molecule has 0 unspecified atom stereocenters. The molecule has 0 aliphatic carbocycles. The molecule has 156 valence electrons. The molecule has 2 aromatic carbocycles. The zero-order valence-corrected chi connectivity index (χ0v) is 18.0. The van der Waals surface area contributed by atoms with Crippen LogP contribution in [0.4, 0.5) is 11.4 Å². The lowest BCUT2D eigenvalue weighted by atomic mass is 10.0. The Morgan fingerprint density at radius 3 is 1.71 bits per heavy atom. The Balaban J connectivity index is 0.000000283. The Labute approximate surface area is 172 Å². The summed E-state index contributed by atoms with van der Waals surface area (Å²) in [7, 11) is 0. The first-order valence-corrected chi connectivity index (χ1v) is 11.0. The molecule has 0 aliphatic heterocycles. The fraction of sp³-hybridized carbons (Fsp3) is 0.520. The summed E-state index contributed by atoms with van der Waals surface area (Å²) < 4.78 is 5.51. The zero-order chi connectivity index (χ0) is 20.5. The molecule has 0 heterocycles. The molecule has 0 saturated carbocycles. The number of hydrogen-bond acceptors (Lipinski definition) is 3. The molecule has 0 fully saturated rings. The van der Waals surface area contributed by atoms with Crippen molar-refractivity contribution in [3.63, 3.8) is 0 Å². The van der Waals surface area contributed by atoms with Crippen molar-refractivity contribution >= 4 is 11.4 Å². The molecule has 0 aromatic heterocycles. The molecule has 2 rings (SSSR count). The molecule has 2 aromatic rings. The Morgan fingerprint density at radius 2 is 1.11 bits per heavy atom. The summed E-state index contributed by atoms with van der Waals surface area (Å²) in [6, 6.07) is 15.8. The van der Waals surface area contributed by atoms with Crippen molar-refractivity contribution in [1.29, 1.82) is 0 Å². The monoisotopic (exact) mass is 384 g/mol. The van der Waals surface area contributed by atoms with Crippen LogP contribution in [0, 0.1) is 0 Å². The summed E-state index contributed by atoms with van der Waals surface area (Å²) in [5.41, 5.74) is 14.2. The van der Waals surface area contributed by atoms with Gasteiger partial charge in [0.15, 0.2) is 0 Å². The highest BCUT2D eigenvalue weighted by atomic mass is 16.5. The topological polar surface area (TPSA) is 61.3 Å². The first-order valence-electron chi connectivity index (χ1n) is 11.0. The Hall–Kier alpha value is -2.16. The quantitative estimate of drug-likeness (QED) is 0.305. The fourth-order valence-electron chi connectivity index (χ4n) is 2.90. The van der Waals surface area contributed by atoms with Gasteiger partial charge in [-0.1, -0.05) is 70.9 Å². The van der Waals surface area contributed by atoms with E-state index in [2.05, 4.69) is 26.0 Å². The molecule has 4 N–H and O–H groups in total. The van der Waals surface area contributed by atoms with Crippen LogP contribution in [0.15, 0.2) is 48.5 Å². The molecular weight excluding hydrogens is 344 g/mol. The second kappa shape index (κ2) is 15.9. The largest absolute Gasteiger partial charge is 0.494 e. The number of nitrogens with two attached hydrogens (primary N) is 2. The summed E-state index contributed by atoms with van der Waals surface area (Å²) in [4.78, 5) is 0. The molecule has 28 heavy (non-hydrogen) atoms. The summed E-state index contributed by atoms with van der Waals surface area (Å²) in [6.07, 6.45) is 13.0. The van der Waals surface area contributed by atoms with Gasteiger partial charge < -0.3 is 16.2 Å². The minimum absolute atomic E-state index is 0.779. The van der Waals surface area contributed by atoms with Gasteiger partial charge in [0.05, 0.1) is 6.61 Å². The molecule has 0 saturated heterocycles. The van der Waals surface area contributed by atoms with Crippen LogP contribution in [0.25, 0.3) is 0 Å². The van der Waals surface area contributed by atoms with Gasteiger partial charge in [0.1, 0.15) is 5.75 Å². The molecule has 3 nitrogen and oxygen atoms in total. The Kier molecular flexibility index (Phi) is 13.5. The molecule has 0 aliphatic rings. The van der Waals surface area contributed by atoms with E-state index in [0.717, 1.165) is 30.2 Å². The van der Waals surface area contributed by atoms with E-state index in [9.17, 15) is 0 Å². The second-order valence-corrected chi connectivity index (χ2v) is 7.38. The number of rotatable bonds is 12. The number of hydrogen-bond donors (Lipinski definition) is 2. The van der Waals surface area contributed by atoms with Gasteiger partial charge in [0.25, 0.3) is 0 Å². The maximum Gasteiger partial charge on any atom is 0.119 e. The molecule has 3 heteroatoms. The van der Waals surface area contributed by atoms with Gasteiger partial charge in [-0.15, -0.1) is 0 Å². The summed E-state index contributed by atoms with van der Waals surface area (Å²) >= 11 is 0. The summed E-state index contributed by atoms with van der Waals surface area (Å²) in [5.74, 6) is 0.908. The highest BCUT2D eigenvalue weighted by molar-refractivity contribution is 5.41. The number of nitrogen functional groups attached to an aromatic ring is 2.